The minimum Gasteiger partial charge on any atom is -0.508 e. The summed E-state index contributed by atoms with van der Waals surface area (Å²) in [5.74, 6) is -0.0542. The molecule has 0 aromatic heterocycles. The number of aliphatic hydroxyl groups is 2. The third kappa shape index (κ3) is 7.72. The summed E-state index contributed by atoms with van der Waals surface area (Å²) in [5.41, 5.74) is 2.13. The second-order valence-corrected chi connectivity index (χ2v) is 10.1. The third-order valence-electron chi connectivity index (χ3n) is 6.58. The Morgan fingerprint density at radius 3 is 2.44 bits per heavy atom. The summed E-state index contributed by atoms with van der Waals surface area (Å²) < 4.78 is 0. The van der Waals surface area contributed by atoms with Gasteiger partial charge in [-0.2, -0.15) is 0 Å². The Bertz CT molecular complexity index is 942. The quantitative estimate of drug-likeness (QED) is 0.317. The van der Waals surface area contributed by atoms with E-state index in [0.717, 1.165) is 36.8 Å². The number of rotatable bonds is 10. The van der Waals surface area contributed by atoms with Gasteiger partial charge in [0.05, 0.1) is 12.5 Å². The molecular weight excluding hydrogens is 432 g/mol. The van der Waals surface area contributed by atoms with Crippen molar-refractivity contribution in [2.75, 3.05) is 13.2 Å². The molecule has 1 fully saturated rings. The number of nitrogens with one attached hydrogen (secondary N) is 2. The number of phenolic OH excluding ortho intramolecular Hbond substituents is 2. The van der Waals surface area contributed by atoms with Gasteiger partial charge >= 0.3 is 0 Å². The fourth-order valence-corrected chi connectivity index (χ4v) is 4.78. The fraction of sp³-hybridized carbons (Fsp3) is 0.519. The van der Waals surface area contributed by atoms with E-state index in [4.69, 9.17) is 0 Å². The van der Waals surface area contributed by atoms with Gasteiger partial charge in [-0.3, -0.25) is 4.79 Å². The molecule has 2 aromatic rings. The number of aromatic hydroxyl groups is 2. The van der Waals surface area contributed by atoms with Gasteiger partial charge in [0.1, 0.15) is 11.5 Å². The summed E-state index contributed by atoms with van der Waals surface area (Å²) in [6.45, 7) is 4.45. The minimum absolute atomic E-state index is 0.0163. The monoisotopic (exact) mass is 470 g/mol. The van der Waals surface area contributed by atoms with Crippen molar-refractivity contribution in [1.82, 2.24) is 10.6 Å². The van der Waals surface area contributed by atoms with Gasteiger partial charge in [-0.1, -0.05) is 37.1 Å². The number of phenols is 2. The highest BCUT2D eigenvalue weighted by Crippen LogP contribution is 2.26. The molecule has 34 heavy (non-hydrogen) atoms. The predicted molar refractivity (Wildman–Crippen MR) is 132 cm³/mol. The van der Waals surface area contributed by atoms with Crippen LogP contribution >= 0.6 is 0 Å². The Labute approximate surface area is 201 Å². The molecule has 0 saturated heterocycles. The number of carbonyl (C=O) groups excluding carboxylic acids is 1. The number of β-amino-alcohol motifs (C(OH)–C–C–N with tert-alkyl or cyclic N) is 1. The van der Waals surface area contributed by atoms with E-state index in [1.54, 1.807) is 0 Å². The number of hydrogen-bond acceptors (Lipinski definition) is 6. The van der Waals surface area contributed by atoms with E-state index in [-0.39, 0.29) is 48.1 Å². The van der Waals surface area contributed by atoms with Gasteiger partial charge in [0, 0.05) is 36.7 Å². The molecule has 186 valence electrons. The molecule has 1 amide bonds. The average Bonchev–Trinajstić information content (AvgIpc) is 2.77. The van der Waals surface area contributed by atoms with E-state index < -0.39 is 6.10 Å². The zero-order valence-corrected chi connectivity index (χ0v) is 20.1. The second kappa shape index (κ2) is 11.7. The van der Waals surface area contributed by atoms with Crippen molar-refractivity contribution in [2.45, 2.75) is 70.1 Å². The molecule has 1 unspecified atom stereocenters. The van der Waals surface area contributed by atoms with Gasteiger partial charge in [0.25, 0.3) is 0 Å². The lowest BCUT2D eigenvalue weighted by molar-refractivity contribution is -0.121. The second-order valence-electron chi connectivity index (χ2n) is 10.1. The van der Waals surface area contributed by atoms with Gasteiger partial charge in [0.2, 0.25) is 5.91 Å². The zero-order chi connectivity index (χ0) is 24.7. The molecule has 6 N–H and O–H groups in total. The Kier molecular flexibility index (Phi) is 8.94. The summed E-state index contributed by atoms with van der Waals surface area (Å²) in [6.07, 6.45) is 4.18. The van der Waals surface area contributed by atoms with Crippen molar-refractivity contribution >= 4 is 5.91 Å². The van der Waals surface area contributed by atoms with Crippen molar-refractivity contribution in [3.05, 3.63) is 59.2 Å². The third-order valence-corrected chi connectivity index (χ3v) is 6.58. The maximum Gasteiger partial charge on any atom is 0.224 e. The lowest BCUT2D eigenvalue weighted by Crippen LogP contribution is -2.44. The SMILES string of the molecule is CC(C)(Cc1cccc(CC(=O)N[C@@H]2CCCC[C@@H]2CO)c1)NCC(O)c1cc(O)cc(O)c1. The molecule has 3 rings (SSSR count). The largest absolute Gasteiger partial charge is 0.508 e. The lowest BCUT2D eigenvalue weighted by atomic mass is 9.85. The highest BCUT2D eigenvalue weighted by molar-refractivity contribution is 5.79. The normalized spacial score (nSPS) is 19.5. The van der Waals surface area contributed by atoms with E-state index in [1.807, 2.05) is 38.1 Å². The van der Waals surface area contributed by atoms with Gasteiger partial charge in [-0.15, -0.1) is 0 Å². The minimum atomic E-state index is -0.880. The topological polar surface area (TPSA) is 122 Å². The number of amides is 1. The Hall–Kier alpha value is -2.61. The molecule has 1 saturated carbocycles. The number of hydrogen-bond donors (Lipinski definition) is 6. The first-order chi connectivity index (χ1) is 16.1. The van der Waals surface area contributed by atoms with Crippen LogP contribution in [0.1, 0.15) is 62.3 Å². The van der Waals surface area contributed by atoms with E-state index in [2.05, 4.69) is 10.6 Å². The van der Waals surface area contributed by atoms with Crippen LogP contribution in [0.5, 0.6) is 11.5 Å². The Morgan fingerprint density at radius 2 is 1.74 bits per heavy atom. The molecule has 1 aliphatic rings. The molecule has 3 atom stereocenters. The van der Waals surface area contributed by atoms with Crippen LogP contribution in [0.3, 0.4) is 0 Å². The van der Waals surface area contributed by atoms with Crippen LogP contribution in [0.4, 0.5) is 0 Å². The van der Waals surface area contributed by atoms with Crippen LogP contribution in [0, 0.1) is 5.92 Å². The molecule has 7 nitrogen and oxygen atoms in total. The van der Waals surface area contributed by atoms with Crippen LogP contribution in [0.15, 0.2) is 42.5 Å². The smallest absolute Gasteiger partial charge is 0.224 e. The van der Waals surface area contributed by atoms with Gasteiger partial charge < -0.3 is 31.1 Å². The summed E-state index contributed by atoms with van der Waals surface area (Å²) >= 11 is 0. The van der Waals surface area contributed by atoms with Crippen molar-refractivity contribution in [3.63, 3.8) is 0 Å². The molecule has 2 aromatic carbocycles. The highest BCUT2D eigenvalue weighted by atomic mass is 16.3. The van der Waals surface area contributed by atoms with E-state index in [1.165, 1.54) is 18.2 Å². The van der Waals surface area contributed by atoms with Crippen LogP contribution in [0.2, 0.25) is 0 Å². The van der Waals surface area contributed by atoms with Crippen LogP contribution < -0.4 is 10.6 Å². The standard InChI is InChI=1S/C27H38N2O5/c1-27(2,28-16-25(33)21-12-22(31)14-23(32)13-21)15-19-7-5-6-18(10-19)11-26(34)29-24-9-4-3-8-20(24)17-30/h5-7,10,12-14,20,24-25,28,30-33H,3-4,8-9,11,15-17H2,1-2H3,(H,29,34)/t20-,24-,25?/m1/s1. The maximum absolute atomic E-state index is 12.6. The highest BCUT2D eigenvalue weighted by Gasteiger charge is 2.26. The predicted octanol–water partition coefficient (Wildman–Crippen LogP) is 2.95. The molecule has 0 heterocycles. The zero-order valence-electron chi connectivity index (χ0n) is 20.1. The number of benzene rings is 2. The molecular formula is C27H38N2O5. The van der Waals surface area contributed by atoms with Crippen molar-refractivity contribution in [1.29, 1.82) is 0 Å². The molecule has 1 aliphatic carbocycles. The fourth-order valence-electron chi connectivity index (χ4n) is 4.78. The average molecular weight is 471 g/mol. The first-order valence-electron chi connectivity index (χ1n) is 12.1. The summed E-state index contributed by atoms with van der Waals surface area (Å²) in [6, 6.07) is 12.1. The summed E-state index contributed by atoms with van der Waals surface area (Å²) in [7, 11) is 0. The van der Waals surface area contributed by atoms with Gasteiger partial charge in [0.15, 0.2) is 0 Å². The van der Waals surface area contributed by atoms with E-state index in [0.29, 0.717) is 18.4 Å². The summed E-state index contributed by atoms with van der Waals surface area (Å²) in [5, 5.41) is 45.8. The van der Waals surface area contributed by atoms with E-state index >= 15 is 0 Å². The Balaban J connectivity index is 1.54. The molecule has 0 spiro atoms. The van der Waals surface area contributed by atoms with Gasteiger partial charge in [-0.05, 0) is 61.9 Å². The lowest BCUT2D eigenvalue weighted by Gasteiger charge is -2.31. The van der Waals surface area contributed by atoms with Gasteiger partial charge in [-0.25, -0.2) is 0 Å². The molecule has 0 aliphatic heterocycles. The maximum atomic E-state index is 12.6. The molecule has 0 radical (unpaired) electrons. The summed E-state index contributed by atoms with van der Waals surface area (Å²) in [4.78, 5) is 12.6. The Morgan fingerprint density at radius 1 is 1.06 bits per heavy atom. The molecule has 7 heteroatoms. The number of carbonyl (C=O) groups is 1. The van der Waals surface area contributed by atoms with Crippen LogP contribution in [0.25, 0.3) is 0 Å². The first-order valence-corrected chi connectivity index (χ1v) is 12.1. The van der Waals surface area contributed by atoms with Crippen LogP contribution in [-0.4, -0.2) is 51.1 Å². The van der Waals surface area contributed by atoms with Crippen LogP contribution in [-0.2, 0) is 17.6 Å². The first kappa shape index (κ1) is 26.0. The number of aliphatic hydroxyl groups excluding tert-OH is 2. The van der Waals surface area contributed by atoms with E-state index in [9.17, 15) is 25.2 Å². The van der Waals surface area contributed by atoms with Crippen molar-refractivity contribution in [2.24, 2.45) is 5.92 Å². The molecule has 0 bridgehead atoms. The van der Waals surface area contributed by atoms with Crippen molar-refractivity contribution in [3.8, 4) is 11.5 Å². The van der Waals surface area contributed by atoms with Crippen molar-refractivity contribution < 1.29 is 25.2 Å².